The van der Waals surface area contributed by atoms with Crippen LogP contribution in [-0.2, 0) is 11.3 Å². The van der Waals surface area contributed by atoms with E-state index in [1.165, 1.54) is 0 Å². The summed E-state index contributed by atoms with van der Waals surface area (Å²) in [6, 6.07) is 5.85. The Morgan fingerprint density at radius 1 is 1.44 bits per heavy atom. The van der Waals surface area contributed by atoms with Gasteiger partial charge >= 0.3 is 5.76 Å². The van der Waals surface area contributed by atoms with E-state index in [4.69, 9.17) is 16.0 Å². The summed E-state index contributed by atoms with van der Waals surface area (Å²) in [6.07, 6.45) is 1.89. The molecule has 1 aliphatic heterocycles. The van der Waals surface area contributed by atoms with E-state index in [2.05, 4.69) is 22.1 Å². The number of likely N-dealkylation sites (tertiary alicyclic amines) is 1. The minimum absolute atomic E-state index is 0.136. The second-order valence-electron chi connectivity index (χ2n) is 6.38. The molecule has 0 aliphatic carbocycles. The molecule has 1 aliphatic rings. The van der Waals surface area contributed by atoms with Crippen LogP contribution in [0.4, 0.5) is 0 Å². The summed E-state index contributed by atoms with van der Waals surface area (Å²) in [5, 5.41) is 6.77. The fraction of sp³-hybridized carbons (Fsp3) is 0.471. The highest BCUT2D eigenvalue weighted by atomic mass is 35.5. The lowest BCUT2D eigenvalue weighted by Crippen LogP contribution is -2.44. The Balaban J connectivity index is 1.70. The van der Waals surface area contributed by atoms with Crippen molar-refractivity contribution in [1.82, 2.24) is 20.0 Å². The lowest BCUT2D eigenvalue weighted by Gasteiger charge is -2.36. The van der Waals surface area contributed by atoms with Crippen molar-refractivity contribution < 1.29 is 9.21 Å². The normalized spacial score (nSPS) is 15.8. The predicted molar refractivity (Wildman–Crippen MR) is 94.3 cm³/mol. The number of halogens is 1. The lowest BCUT2D eigenvalue weighted by molar-refractivity contribution is -0.130. The van der Waals surface area contributed by atoms with Gasteiger partial charge in [0.05, 0.1) is 0 Å². The Morgan fingerprint density at radius 2 is 2.16 bits per heavy atom. The minimum atomic E-state index is -0.583. The van der Waals surface area contributed by atoms with E-state index in [0.717, 1.165) is 31.5 Å². The zero-order chi connectivity index (χ0) is 18.0. The fourth-order valence-electron chi connectivity index (χ4n) is 3.20. The Bertz CT molecular complexity index is 808. The van der Waals surface area contributed by atoms with Crippen molar-refractivity contribution in [3.8, 4) is 11.5 Å². The molecule has 1 amide bonds. The van der Waals surface area contributed by atoms with Gasteiger partial charge in [0.1, 0.15) is 0 Å². The molecule has 1 fully saturated rings. The standard InChI is InChI=1S/C17H21ClN4O3/c1-11(23)22-7-5-14(6-8-22)21(2)10-13-9-12(3-4-15(13)18)16-19-20-17(24)25-16/h3-4,9,14H,5-8,10H2,1-2H3,(H,20,24). The van der Waals surface area contributed by atoms with Gasteiger partial charge in [-0.25, -0.2) is 9.89 Å². The number of aromatic amines is 1. The molecule has 2 aromatic rings. The molecule has 3 rings (SSSR count). The summed E-state index contributed by atoms with van der Waals surface area (Å²) >= 11 is 6.34. The first-order chi connectivity index (χ1) is 11.9. The molecule has 134 valence electrons. The zero-order valence-corrected chi connectivity index (χ0v) is 15.0. The molecule has 8 heteroatoms. The van der Waals surface area contributed by atoms with E-state index in [1.807, 2.05) is 11.0 Å². The molecule has 1 saturated heterocycles. The molecule has 0 atom stereocenters. The van der Waals surface area contributed by atoms with Crippen molar-refractivity contribution >= 4 is 17.5 Å². The summed E-state index contributed by atoms with van der Waals surface area (Å²) in [6.45, 7) is 3.86. The maximum Gasteiger partial charge on any atom is 0.434 e. The highest BCUT2D eigenvalue weighted by Crippen LogP contribution is 2.26. The third-order valence-corrected chi connectivity index (χ3v) is 5.05. The van der Waals surface area contributed by atoms with Gasteiger partial charge in [0.15, 0.2) is 0 Å². The highest BCUT2D eigenvalue weighted by molar-refractivity contribution is 6.31. The molecule has 1 N–H and O–H groups in total. The summed E-state index contributed by atoms with van der Waals surface area (Å²) in [4.78, 5) is 26.7. The van der Waals surface area contributed by atoms with Gasteiger partial charge in [0.2, 0.25) is 11.8 Å². The number of hydrogen-bond donors (Lipinski definition) is 1. The molecule has 0 radical (unpaired) electrons. The van der Waals surface area contributed by atoms with Gasteiger partial charge in [-0.3, -0.25) is 9.69 Å². The first-order valence-electron chi connectivity index (χ1n) is 8.24. The number of nitrogens with zero attached hydrogens (tertiary/aromatic N) is 3. The van der Waals surface area contributed by atoms with Crippen LogP contribution in [0.5, 0.6) is 0 Å². The van der Waals surface area contributed by atoms with Crippen LogP contribution in [0.3, 0.4) is 0 Å². The van der Waals surface area contributed by atoms with E-state index < -0.39 is 5.76 Å². The maximum absolute atomic E-state index is 11.4. The second-order valence-corrected chi connectivity index (χ2v) is 6.78. The van der Waals surface area contributed by atoms with Gasteiger partial charge in [-0.05, 0) is 43.7 Å². The third-order valence-electron chi connectivity index (χ3n) is 4.68. The smallest absolute Gasteiger partial charge is 0.388 e. The number of hydrogen-bond acceptors (Lipinski definition) is 5. The van der Waals surface area contributed by atoms with Crippen molar-refractivity contribution in [1.29, 1.82) is 0 Å². The van der Waals surface area contributed by atoms with Crippen LogP contribution in [0.2, 0.25) is 5.02 Å². The Hall–Kier alpha value is -2.12. The quantitative estimate of drug-likeness (QED) is 0.898. The number of nitrogens with one attached hydrogen (secondary N) is 1. The molecule has 1 aromatic carbocycles. The van der Waals surface area contributed by atoms with Crippen LogP contribution in [0.15, 0.2) is 27.4 Å². The minimum Gasteiger partial charge on any atom is -0.388 e. The van der Waals surface area contributed by atoms with Crippen molar-refractivity contribution in [3.63, 3.8) is 0 Å². The first kappa shape index (κ1) is 17.7. The van der Waals surface area contributed by atoms with Crippen molar-refractivity contribution in [2.75, 3.05) is 20.1 Å². The molecular formula is C17H21ClN4O3. The third kappa shape index (κ3) is 4.11. The van der Waals surface area contributed by atoms with E-state index in [1.54, 1.807) is 19.1 Å². The topological polar surface area (TPSA) is 82.4 Å². The van der Waals surface area contributed by atoms with E-state index >= 15 is 0 Å². The Kier molecular flexibility index (Phi) is 5.24. The summed E-state index contributed by atoms with van der Waals surface area (Å²) < 4.78 is 5.00. The van der Waals surface area contributed by atoms with Gasteiger partial charge in [-0.2, -0.15) is 0 Å². The molecule has 0 unspecified atom stereocenters. The van der Waals surface area contributed by atoms with E-state index in [0.29, 0.717) is 23.2 Å². The average Bonchev–Trinajstić information content (AvgIpc) is 3.03. The first-order valence-corrected chi connectivity index (χ1v) is 8.62. The maximum atomic E-state index is 11.4. The molecule has 2 heterocycles. The van der Waals surface area contributed by atoms with Crippen molar-refractivity contribution in [2.45, 2.75) is 32.4 Å². The Labute approximate surface area is 150 Å². The summed E-state index contributed by atoms with van der Waals surface area (Å²) in [5.41, 5.74) is 1.65. The van der Waals surface area contributed by atoms with Crippen molar-refractivity contribution in [2.24, 2.45) is 0 Å². The van der Waals surface area contributed by atoms with Gasteiger partial charge < -0.3 is 9.32 Å². The number of aromatic nitrogens is 2. The van der Waals surface area contributed by atoms with Crippen LogP contribution in [-0.4, -0.2) is 52.1 Å². The number of carbonyl (C=O) groups excluding carboxylic acids is 1. The number of rotatable bonds is 4. The Morgan fingerprint density at radius 3 is 2.76 bits per heavy atom. The zero-order valence-electron chi connectivity index (χ0n) is 14.3. The number of carbonyl (C=O) groups is 1. The highest BCUT2D eigenvalue weighted by Gasteiger charge is 2.24. The number of amides is 1. The molecule has 1 aromatic heterocycles. The second kappa shape index (κ2) is 7.41. The molecule has 25 heavy (non-hydrogen) atoms. The largest absolute Gasteiger partial charge is 0.434 e. The molecule has 0 spiro atoms. The van der Waals surface area contributed by atoms with E-state index in [9.17, 15) is 9.59 Å². The van der Waals surface area contributed by atoms with Crippen LogP contribution in [0.25, 0.3) is 11.5 Å². The SMILES string of the molecule is CC(=O)N1CCC(N(C)Cc2cc(-c3n[nH]c(=O)o3)ccc2Cl)CC1. The number of piperidine rings is 1. The fourth-order valence-corrected chi connectivity index (χ4v) is 3.38. The van der Waals surface area contributed by atoms with Crippen LogP contribution >= 0.6 is 11.6 Å². The number of benzene rings is 1. The monoisotopic (exact) mass is 364 g/mol. The molecule has 7 nitrogen and oxygen atoms in total. The number of H-pyrrole nitrogens is 1. The summed E-state index contributed by atoms with van der Waals surface area (Å²) in [5.74, 6) is -0.196. The van der Waals surface area contributed by atoms with E-state index in [-0.39, 0.29) is 11.8 Å². The van der Waals surface area contributed by atoms with Gasteiger partial charge in [-0.1, -0.05) is 11.6 Å². The van der Waals surface area contributed by atoms with Gasteiger partial charge in [-0.15, -0.1) is 5.10 Å². The predicted octanol–water partition coefficient (Wildman–Crippen LogP) is 2.13. The molecule has 0 bridgehead atoms. The lowest BCUT2D eigenvalue weighted by atomic mass is 10.0. The van der Waals surface area contributed by atoms with Gasteiger partial charge in [0.25, 0.3) is 0 Å². The van der Waals surface area contributed by atoms with Gasteiger partial charge in [0, 0.05) is 43.2 Å². The molecular weight excluding hydrogens is 344 g/mol. The molecule has 0 saturated carbocycles. The van der Waals surface area contributed by atoms with Crippen LogP contribution in [0, 0.1) is 0 Å². The van der Waals surface area contributed by atoms with Crippen LogP contribution < -0.4 is 5.76 Å². The summed E-state index contributed by atoms with van der Waals surface area (Å²) in [7, 11) is 2.06. The average molecular weight is 365 g/mol. The van der Waals surface area contributed by atoms with Crippen molar-refractivity contribution in [3.05, 3.63) is 39.3 Å². The van der Waals surface area contributed by atoms with Crippen LogP contribution in [0.1, 0.15) is 25.3 Å².